The molecule has 0 radical (unpaired) electrons. The largest absolute Gasteiger partial charge is 0.438 e. The Morgan fingerprint density at radius 2 is 1.71 bits per heavy atom. The molecule has 1 aliphatic rings. The van der Waals surface area contributed by atoms with Gasteiger partial charge in [0.2, 0.25) is 5.91 Å². The van der Waals surface area contributed by atoms with Crippen LogP contribution in [0.1, 0.15) is 32.5 Å². The maximum Gasteiger partial charge on any atom is 0.411 e. The quantitative estimate of drug-likeness (QED) is 0.315. The lowest BCUT2D eigenvalue weighted by molar-refractivity contribution is -0.126. The first kappa shape index (κ1) is 25.2. The van der Waals surface area contributed by atoms with E-state index in [9.17, 15) is 18.8 Å². The fourth-order valence-electron chi connectivity index (χ4n) is 4.28. The van der Waals surface area contributed by atoms with E-state index in [1.165, 1.54) is 28.4 Å². The fourth-order valence-corrected chi connectivity index (χ4v) is 4.90. The summed E-state index contributed by atoms with van der Waals surface area (Å²) in [5.74, 6) is -1.02. The Bertz CT molecular complexity index is 1430. The third-order valence-electron chi connectivity index (χ3n) is 6.15. The van der Waals surface area contributed by atoms with Crippen molar-refractivity contribution < 1.29 is 23.5 Å². The van der Waals surface area contributed by atoms with Crippen molar-refractivity contribution in [1.29, 1.82) is 0 Å². The Labute approximate surface area is 222 Å². The average Bonchev–Trinajstić information content (AvgIpc) is 3.58. The molecule has 0 saturated carbocycles. The molecule has 9 heteroatoms. The van der Waals surface area contributed by atoms with Crippen LogP contribution >= 0.6 is 11.3 Å². The molecule has 1 fully saturated rings. The number of carbonyl (C=O) groups is 3. The molecule has 1 saturated heterocycles. The van der Waals surface area contributed by atoms with Crippen molar-refractivity contribution in [3.8, 4) is 0 Å². The van der Waals surface area contributed by atoms with E-state index in [0.29, 0.717) is 16.1 Å². The highest BCUT2D eigenvalue weighted by atomic mass is 32.1. The van der Waals surface area contributed by atoms with Gasteiger partial charge >= 0.3 is 6.09 Å². The van der Waals surface area contributed by atoms with Crippen LogP contribution in [0.3, 0.4) is 0 Å². The Morgan fingerprint density at radius 3 is 2.45 bits per heavy atom. The van der Waals surface area contributed by atoms with Crippen LogP contribution < -0.4 is 10.6 Å². The molecule has 2 heterocycles. The first-order chi connectivity index (χ1) is 18.5. The molecule has 0 spiro atoms. The predicted molar refractivity (Wildman–Crippen MR) is 142 cm³/mol. The lowest BCUT2D eigenvalue weighted by Crippen LogP contribution is -2.46. The van der Waals surface area contributed by atoms with Crippen molar-refractivity contribution in [3.05, 3.63) is 124 Å². The minimum absolute atomic E-state index is 0.159. The van der Waals surface area contributed by atoms with Gasteiger partial charge in [-0.2, -0.15) is 0 Å². The maximum atomic E-state index is 13.5. The number of hydrogen-bond acceptors (Lipinski definition) is 5. The van der Waals surface area contributed by atoms with Crippen molar-refractivity contribution >= 4 is 34.9 Å². The predicted octanol–water partition coefficient (Wildman–Crippen LogP) is 5.52. The SMILES string of the molecule is O=C(Nc1cccc([C@H]2OC(=O)N(Cc3ccccc3)[C@H]2C(=O)NCc2ccc(F)cc2)c1)c1cccs1. The second-order valence-electron chi connectivity index (χ2n) is 8.76. The number of ether oxygens (including phenoxy) is 1. The molecule has 2 atom stereocenters. The third kappa shape index (κ3) is 5.73. The average molecular weight is 530 g/mol. The summed E-state index contributed by atoms with van der Waals surface area (Å²) in [5, 5.41) is 7.53. The van der Waals surface area contributed by atoms with Gasteiger partial charge in [-0.25, -0.2) is 9.18 Å². The van der Waals surface area contributed by atoms with E-state index in [1.54, 1.807) is 48.5 Å². The lowest BCUT2D eigenvalue weighted by Gasteiger charge is -2.24. The number of halogens is 1. The van der Waals surface area contributed by atoms with Crippen LogP contribution in [0, 0.1) is 5.82 Å². The van der Waals surface area contributed by atoms with Gasteiger partial charge in [0.1, 0.15) is 5.82 Å². The summed E-state index contributed by atoms with van der Waals surface area (Å²) in [6, 6.07) is 24.6. The van der Waals surface area contributed by atoms with E-state index >= 15 is 0 Å². The molecule has 38 heavy (non-hydrogen) atoms. The van der Waals surface area contributed by atoms with Gasteiger partial charge in [0.15, 0.2) is 12.1 Å². The number of nitrogens with zero attached hydrogens (tertiary/aromatic N) is 1. The van der Waals surface area contributed by atoms with Crippen molar-refractivity contribution in [2.45, 2.75) is 25.2 Å². The first-order valence-electron chi connectivity index (χ1n) is 12.0. The summed E-state index contributed by atoms with van der Waals surface area (Å²) < 4.78 is 19.0. The molecule has 3 amide bonds. The molecule has 1 aliphatic heterocycles. The summed E-state index contributed by atoms with van der Waals surface area (Å²) >= 11 is 1.33. The van der Waals surface area contributed by atoms with Crippen LogP contribution in [0.5, 0.6) is 0 Å². The number of hydrogen-bond donors (Lipinski definition) is 2. The minimum Gasteiger partial charge on any atom is -0.438 e. The van der Waals surface area contributed by atoms with Crippen LogP contribution in [0.25, 0.3) is 0 Å². The van der Waals surface area contributed by atoms with E-state index < -0.39 is 24.1 Å². The van der Waals surface area contributed by atoms with Crippen LogP contribution in [0.2, 0.25) is 0 Å². The van der Waals surface area contributed by atoms with Crippen LogP contribution in [0.15, 0.2) is 96.4 Å². The third-order valence-corrected chi connectivity index (χ3v) is 7.02. The number of thiophene rings is 1. The van der Waals surface area contributed by atoms with Gasteiger partial charge in [-0.1, -0.05) is 60.7 Å². The second-order valence-corrected chi connectivity index (χ2v) is 9.71. The fraction of sp³-hybridized carbons (Fsp3) is 0.138. The molecule has 2 N–H and O–H groups in total. The van der Waals surface area contributed by atoms with Gasteiger partial charge in [0.25, 0.3) is 5.91 Å². The highest BCUT2D eigenvalue weighted by Gasteiger charge is 2.47. The molecule has 0 aliphatic carbocycles. The second kappa shape index (κ2) is 11.3. The summed E-state index contributed by atoms with van der Waals surface area (Å²) in [6.07, 6.45) is -1.52. The monoisotopic (exact) mass is 529 g/mol. The molecule has 4 aromatic rings. The molecule has 7 nitrogen and oxygen atoms in total. The molecule has 0 bridgehead atoms. The van der Waals surface area contributed by atoms with E-state index in [1.807, 2.05) is 35.7 Å². The van der Waals surface area contributed by atoms with Crippen molar-refractivity contribution in [2.24, 2.45) is 0 Å². The van der Waals surface area contributed by atoms with Gasteiger partial charge in [0, 0.05) is 12.2 Å². The number of anilines is 1. The topological polar surface area (TPSA) is 87.7 Å². The van der Waals surface area contributed by atoms with Crippen LogP contribution in [-0.4, -0.2) is 28.8 Å². The zero-order valence-corrected chi connectivity index (χ0v) is 21.0. The van der Waals surface area contributed by atoms with Gasteiger partial charge in [-0.05, 0) is 52.4 Å². The number of nitrogens with one attached hydrogen (secondary N) is 2. The number of carbonyl (C=O) groups excluding carboxylic acids is 3. The number of rotatable bonds is 8. The number of cyclic esters (lactones) is 1. The molecular weight excluding hydrogens is 505 g/mol. The normalized spacial score (nSPS) is 16.7. The van der Waals surface area contributed by atoms with E-state index in [-0.39, 0.29) is 24.8 Å². The summed E-state index contributed by atoms with van der Waals surface area (Å²) in [5.41, 5.74) is 2.65. The number of benzene rings is 3. The zero-order valence-electron chi connectivity index (χ0n) is 20.2. The van der Waals surface area contributed by atoms with Crippen LogP contribution in [-0.2, 0) is 22.6 Å². The smallest absolute Gasteiger partial charge is 0.411 e. The Hall–Kier alpha value is -4.50. The lowest BCUT2D eigenvalue weighted by atomic mass is 10.00. The zero-order chi connectivity index (χ0) is 26.5. The number of amides is 3. The standard InChI is InChI=1S/C29H24FN3O4S/c30-22-13-11-19(12-14-22)17-31-28(35)25-26(37-29(36)33(25)18-20-6-2-1-3-7-20)21-8-4-9-23(16-21)32-27(34)24-10-5-15-38-24/h1-16,25-26H,17-18H2,(H,31,35)(H,32,34)/t25-,26-/m1/s1. The highest BCUT2D eigenvalue weighted by Crippen LogP contribution is 2.35. The molecule has 5 rings (SSSR count). The van der Waals surface area contributed by atoms with Crippen molar-refractivity contribution in [1.82, 2.24) is 10.2 Å². The molecule has 1 aromatic heterocycles. The Kier molecular flexibility index (Phi) is 7.46. The maximum absolute atomic E-state index is 13.5. The van der Waals surface area contributed by atoms with Gasteiger partial charge < -0.3 is 15.4 Å². The first-order valence-corrected chi connectivity index (χ1v) is 12.8. The molecule has 3 aromatic carbocycles. The van der Waals surface area contributed by atoms with Gasteiger partial charge in [-0.3, -0.25) is 14.5 Å². The van der Waals surface area contributed by atoms with Gasteiger partial charge in [-0.15, -0.1) is 11.3 Å². The van der Waals surface area contributed by atoms with E-state index in [2.05, 4.69) is 10.6 Å². The van der Waals surface area contributed by atoms with Gasteiger partial charge in [0.05, 0.1) is 11.4 Å². The van der Waals surface area contributed by atoms with Crippen molar-refractivity contribution in [3.63, 3.8) is 0 Å². The molecule has 192 valence electrons. The van der Waals surface area contributed by atoms with E-state index in [4.69, 9.17) is 4.74 Å². The Morgan fingerprint density at radius 1 is 0.921 bits per heavy atom. The highest BCUT2D eigenvalue weighted by molar-refractivity contribution is 7.12. The molecule has 0 unspecified atom stereocenters. The minimum atomic E-state index is -0.966. The van der Waals surface area contributed by atoms with Crippen LogP contribution in [0.4, 0.5) is 14.9 Å². The summed E-state index contributed by atoms with van der Waals surface area (Å²) in [6.45, 7) is 0.340. The van der Waals surface area contributed by atoms with E-state index in [0.717, 1.165) is 11.1 Å². The summed E-state index contributed by atoms with van der Waals surface area (Å²) in [7, 11) is 0. The van der Waals surface area contributed by atoms with Crippen molar-refractivity contribution in [2.75, 3.05) is 5.32 Å². The Balaban J connectivity index is 1.40. The molecular formula is C29H24FN3O4S. The summed E-state index contributed by atoms with van der Waals surface area (Å²) in [4.78, 5) is 41.0.